The van der Waals surface area contributed by atoms with Crippen molar-refractivity contribution in [2.24, 2.45) is 4.99 Å². The molecule has 3 N–H and O–H groups in total. The molecule has 152 valence electrons. The molecule has 1 aliphatic rings. The van der Waals surface area contributed by atoms with E-state index in [0.717, 1.165) is 24.6 Å². The molecule has 1 aliphatic heterocycles. The first-order valence-electron chi connectivity index (χ1n) is 9.83. The highest BCUT2D eigenvalue weighted by Gasteiger charge is 2.19. The quantitative estimate of drug-likeness (QED) is 0.510. The van der Waals surface area contributed by atoms with Crippen molar-refractivity contribution >= 4 is 23.0 Å². The zero-order chi connectivity index (χ0) is 19.9. The van der Waals surface area contributed by atoms with Gasteiger partial charge in [-0.1, -0.05) is 6.07 Å². The van der Waals surface area contributed by atoms with Gasteiger partial charge in [0.25, 0.3) is 0 Å². The number of nitrogens with one attached hydrogen (secondary N) is 2. The molecule has 7 heteroatoms. The van der Waals surface area contributed by atoms with Gasteiger partial charge >= 0.3 is 0 Å². The number of aliphatic hydroxyl groups is 1. The molecular weight excluding hydrogens is 375 g/mol. The van der Waals surface area contributed by atoms with Gasteiger partial charge in [-0.25, -0.2) is 9.38 Å². The summed E-state index contributed by atoms with van der Waals surface area (Å²) in [5.41, 5.74) is 2.72. The Morgan fingerprint density at radius 2 is 2.07 bits per heavy atom. The molecule has 1 aromatic carbocycles. The van der Waals surface area contributed by atoms with Gasteiger partial charge in [0.2, 0.25) is 0 Å². The number of hydrogen-bond acceptors (Lipinski definition) is 4. The van der Waals surface area contributed by atoms with E-state index < -0.39 is 0 Å². The number of guanidine groups is 1. The number of aryl methyl sites for hydroxylation is 1. The van der Waals surface area contributed by atoms with E-state index in [1.807, 2.05) is 24.0 Å². The number of piperidine rings is 1. The van der Waals surface area contributed by atoms with E-state index >= 15 is 0 Å². The van der Waals surface area contributed by atoms with Crippen LogP contribution in [0.15, 0.2) is 34.6 Å². The summed E-state index contributed by atoms with van der Waals surface area (Å²) in [6.07, 6.45) is 1.11. The smallest absolute Gasteiger partial charge is 0.191 e. The van der Waals surface area contributed by atoms with E-state index in [1.54, 1.807) is 17.4 Å². The van der Waals surface area contributed by atoms with Crippen LogP contribution in [0.3, 0.4) is 0 Å². The summed E-state index contributed by atoms with van der Waals surface area (Å²) in [7, 11) is 0. The van der Waals surface area contributed by atoms with Gasteiger partial charge in [-0.2, -0.15) is 0 Å². The molecule has 0 radical (unpaired) electrons. The molecular formula is C21H29FN4OS. The second-order valence-corrected chi connectivity index (χ2v) is 8.08. The summed E-state index contributed by atoms with van der Waals surface area (Å²) in [6, 6.07) is 7.43. The van der Waals surface area contributed by atoms with Crippen molar-refractivity contribution < 1.29 is 9.50 Å². The molecule has 5 nitrogen and oxygen atoms in total. The number of aliphatic imine (C=N–C) groups is 1. The fourth-order valence-electron chi connectivity index (χ4n) is 3.27. The summed E-state index contributed by atoms with van der Waals surface area (Å²) in [5, 5.41) is 18.3. The van der Waals surface area contributed by atoms with E-state index in [4.69, 9.17) is 0 Å². The highest BCUT2D eigenvalue weighted by atomic mass is 32.1. The summed E-state index contributed by atoms with van der Waals surface area (Å²) >= 11 is 1.73. The maximum atomic E-state index is 14.6. The van der Waals surface area contributed by atoms with E-state index in [9.17, 15) is 9.50 Å². The fraction of sp³-hybridized carbons (Fsp3) is 0.476. The summed E-state index contributed by atoms with van der Waals surface area (Å²) in [5.74, 6) is 0.501. The standard InChI is InChI=1S/C21H29FN4OS/c1-3-23-21(25-14-20-15(2)8-11-28-20)24-13-16-4-5-19(18(22)12-16)26-9-6-17(27)7-10-26/h4-5,8,11-12,17,27H,3,6-7,9-10,13-14H2,1-2H3,(H2,23,24,25). The van der Waals surface area contributed by atoms with Gasteiger partial charge in [-0.3, -0.25) is 0 Å². The van der Waals surface area contributed by atoms with E-state index in [2.05, 4.69) is 34.0 Å². The first kappa shape index (κ1) is 20.6. The van der Waals surface area contributed by atoms with Crippen LogP contribution in [0, 0.1) is 12.7 Å². The Bertz CT molecular complexity index is 799. The molecule has 2 heterocycles. The van der Waals surface area contributed by atoms with Gasteiger partial charge in [-0.15, -0.1) is 11.3 Å². The SMILES string of the molecule is CCNC(=NCc1ccc(N2CCC(O)CC2)c(F)c1)NCc1sccc1C. The Balaban J connectivity index is 1.62. The summed E-state index contributed by atoms with van der Waals surface area (Å²) in [6.45, 7) is 7.41. The molecule has 0 aliphatic carbocycles. The van der Waals surface area contributed by atoms with E-state index in [1.165, 1.54) is 10.4 Å². The second-order valence-electron chi connectivity index (χ2n) is 7.08. The lowest BCUT2D eigenvalue weighted by atomic mass is 10.1. The van der Waals surface area contributed by atoms with E-state index in [0.29, 0.717) is 38.2 Å². The molecule has 0 saturated carbocycles. The van der Waals surface area contributed by atoms with E-state index in [-0.39, 0.29) is 11.9 Å². The van der Waals surface area contributed by atoms with Gasteiger partial charge in [-0.05, 0) is 61.4 Å². The predicted molar refractivity (Wildman–Crippen MR) is 115 cm³/mol. The van der Waals surface area contributed by atoms with Crippen LogP contribution < -0.4 is 15.5 Å². The average Bonchev–Trinajstić information content (AvgIpc) is 3.10. The second kappa shape index (κ2) is 9.89. The van der Waals surface area contributed by atoms with Gasteiger partial charge in [0.1, 0.15) is 5.82 Å². The van der Waals surface area contributed by atoms with Crippen molar-refractivity contribution in [3.05, 3.63) is 51.5 Å². The number of hydrogen-bond donors (Lipinski definition) is 3. The Morgan fingerprint density at radius 3 is 2.71 bits per heavy atom. The minimum absolute atomic E-state index is 0.226. The minimum atomic E-state index is -0.261. The van der Waals surface area contributed by atoms with Gasteiger partial charge in [0.05, 0.1) is 24.9 Å². The molecule has 3 rings (SSSR count). The Labute approximate surface area is 170 Å². The van der Waals surface area contributed by atoms with Gasteiger partial charge in [0, 0.05) is 24.5 Å². The molecule has 0 bridgehead atoms. The average molecular weight is 405 g/mol. The largest absolute Gasteiger partial charge is 0.393 e. The highest BCUT2D eigenvalue weighted by Crippen LogP contribution is 2.24. The maximum Gasteiger partial charge on any atom is 0.191 e. The number of nitrogens with zero attached hydrogens (tertiary/aromatic N) is 2. The number of thiophene rings is 1. The number of anilines is 1. The van der Waals surface area contributed by atoms with Crippen molar-refractivity contribution in [3.63, 3.8) is 0 Å². The zero-order valence-electron chi connectivity index (χ0n) is 16.5. The van der Waals surface area contributed by atoms with Crippen LogP contribution in [-0.2, 0) is 13.1 Å². The van der Waals surface area contributed by atoms with Crippen LogP contribution in [0.1, 0.15) is 35.8 Å². The normalized spacial score (nSPS) is 15.7. The molecule has 1 aromatic heterocycles. The third-order valence-corrected chi connectivity index (χ3v) is 5.99. The Morgan fingerprint density at radius 1 is 1.29 bits per heavy atom. The molecule has 0 spiro atoms. The topological polar surface area (TPSA) is 59.9 Å². The zero-order valence-corrected chi connectivity index (χ0v) is 17.4. The van der Waals surface area contributed by atoms with Crippen molar-refractivity contribution in [1.29, 1.82) is 0 Å². The lowest BCUT2D eigenvalue weighted by Crippen LogP contribution is -2.36. The van der Waals surface area contributed by atoms with Crippen LogP contribution in [0.25, 0.3) is 0 Å². The van der Waals surface area contributed by atoms with Crippen molar-refractivity contribution in [2.75, 3.05) is 24.5 Å². The van der Waals surface area contributed by atoms with Crippen molar-refractivity contribution in [1.82, 2.24) is 10.6 Å². The molecule has 0 atom stereocenters. The van der Waals surface area contributed by atoms with Crippen LogP contribution in [0.4, 0.5) is 10.1 Å². The number of halogens is 1. The first-order valence-corrected chi connectivity index (χ1v) is 10.7. The Kier molecular flexibility index (Phi) is 7.28. The highest BCUT2D eigenvalue weighted by molar-refractivity contribution is 7.10. The fourth-order valence-corrected chi connectivity index (χ4v) is 4.12. The van der Waals surface area contributed by atoms with Crippen LogP contribution in [-0.4, -0.2) is 36.8 Å². The number of aliphatic hydroxyl groups excluding tert-OH is 1. The molecule has 28 heavy (non-hydrogen) atoms. The van der Waals surface area contributed by atoms with Crippen molar-refractivity contribution in [3.8, 4) is 0 Å². The molecule has 1 fully saturated rings. The van der Waals surface area contributed by atoms with Gasteiger partial charge < -0.3 is 20.6 Å². The molecule has 1 saturated heterocycles. The third kappa shape index (κ3) is 5.45. The van der Waals surface area contributed by atoms with Crippen LogP contribution in [0.5, 0.6) is 0 Å². The number of benzene rings is 1. The van der Waals surface area contributed by atoms with Gasteiger partial charge in [0.15, 0.2) is 5.96 Å². The number of rotatable bonds is 6. The van der Waals surface area contributed by atoms with Crippen molar-refractivity contribution in [2.45, 2.75) is 45.9 Å². The monoisotopic (exact) mass is 404 g/mol. The Hall–Kier alpha value is -2.12. The summed E-state index contributed by atoms with van der Waals surface area (Å²) in [4.78, 5) is 7.88. The minimum Gasteiger partial charge on any atom is -0.393 e. The maximum absolute atomic E-state index is 14.6. The molecule has 2 aromatic rings. The van der Waals surface area contributed by atoms with Crippen LogP contribution in [0.2, 0.25) is 0 Å². The lowest BCUT2D eigenvalue weighted by Gasteiger charge is -2.31. The molecule has 0 unspecified atom stereocenters. The molecule has 0 amide bonds. The lowest BCUT2D eigenvalue weighted by molar-refractivity contribution is 0.145. The third-order valence-electron chi connectivity index (χ3n) is 4.97. The predicted octanol–water partition coefficient (Wildman–Crippen LogP) is 3.41. The van der Waals surface area contributed by atoms with Crippen LogP contribution >= 0.6 is 11.3 Å². The first-order chi connectivity index (χ1) is 13.6. The summed E-state index contributed by atoms with van der Waals surface area (Å²) < 4.78 is 14.6.